The van der Waals surface area contributed by atoms with Gasteiger partial charge in [0.15, 0.2) is 0 Å². The molecule has 5 heteroatoms. The summed E-state index contributed by atoms with van der Waals surface area (Å²) < 4.78 is 0. The van der Waals surface area contributed by atoms with Gasteiger partial charge >= 0.3 is 0 Å². The number of benzene rings is 2. The van der Waals surface area contributed by atoms with Crippen LogP contribution in [0.25, 0.3) is 0 Å². The third-order valence-electron chi connectivity index (χ3n) is 4.67. The molecular weight excluding hydrogens is 364 g/mol. The van der Waals surface area contributed by atoms with Crippen molar-refractivity contribution in [1.29, 1.82) is 0 Å². The van der Waals surface area contributed by atoms with Crippen molar-refractivity contribution in [2.75, 3.05) is 24.2 Å². The molecule has 0 saturated carbocycles. The second kappa shape index (κ2) is 9.45. The maximum absolute atomic E-state index is 12.8. The van der Waals surface area contributed by atoms with E-state index in [1.165, 1.54) is 0 Å². The lowest BCUT2D eigenvalue weighted by Gasteiger charge is -2.32. The quantitative estimate of drug-likeness (QED) is 0.681. The molecule has 1 heterocycles. The van der Waals surface area contributed by atoms with Gasteiger partial charge in [-0.1, -0.05) is 48.9 Å². The van der Waals surface area contributed by atoms with E-state index in [1.807, 2.05) is 36.4 Å². The number of likely N-dealkylation sites (tertiary alicyclic amines) is 1. The summed E-state index contributed by atoms with van der Waals surface area (Å²) >= 11 is 8.04. The Morgan fingerprint density at radius 2 is 2.00 bits per heavy atom. The average molecular weight is 389 g/mol. The Morgan fingerprint density at radius 1 is 1.23 bits per heavy atom. The molecule has 2 aromatic rings. The molecule has 0 bridgehead atoms. The summed E-state index contributed by atoms with van der Waals surface area (Å²) in [6.07, 6.45) is 1.97. The number of para-hydroxylation sites is 1. The van der Waals surface area contributed by atoms with Crippen molar-refractivity contribution in [1.82, 2.24) is 4.90 Å². The molecule has 0 unspecified atom stereocenters. The third-order valence-corrected chi connectivity index (χ3v) is 6.00. The molecule has 138 valence electrons. The monoisotopic (exact) mass is 388 g/mol. The molecule has 1 aliphatic rings. The van der Waals surface area contributed by atoms with Gasteiger partial charge in [-0.15, -0.1) is 11.8 Å². The minimum atomic E-state index is 0.0194. The highest BCUT2D eigenvalue weighted by Crippen LogP contribution is 2.28. The molecule has 26 heavy (non-hydrogen) atoms. The fourth-order valence-corrected chi connectivity index (χ4v) is 4.32. The molecule has 0 spiro atoms. The van der Waals surface area contributed by atoms with Gasteiger partial charge in [0.1, 0.15) is 0 Å². The molecule has 1 saturated heterocycles. The first-order valence-electron chi connectivity index (χ1n) is 9.16. The molecule has 3 nitrogen and oxygen atoms in total. The Morgan fingerprint density at radius 3 is 2.81 bits per heavy atom. The van der Waals surface area contributed by atoms with Gasteiger partial charge in [-0.05, 0) is 48.9 Å². The third kappa shape index (κ3) is 5.03. The molecule has 1 fully saturated rings. The van der Waals surface area contributed by atoms with E-state index >= 15 is 0 Å². The van der Waals surface area contributed by atoms with Gasteiger partial charge in [0.2, 0.25) is 5.91 Å². The summed E-state index contributed by atoms with van der Waals surface area (Å²) in [6, 6.07) is 16.0. The van der Waals surface area contributed by atoms with Crippen LogP contribution in [-0.2, 0) is 11.3 Å². The predicted molar refractivity (Wildman–Crippen MR) is 111 cm³/mol. The number of halogens is 1. The van der Waals surface area contributed by atoms with Crippen LogP contribution in [0.2, 0.25) is 5.02 Å². The lowest BCUT2D eigenvalue weighted by atomic mass is 9.96. The molecule has 1 amide bonds. The Bertz CT molecular complexity index is 752. The molecule has 3 rings (SSSR count). The fourth-order valence-electron chi connectivity index (χ4n) is 3.37. The molecule has 1 atom stereocenters. The van der Waals surface area contributed by atoms with Crippen LogP contribution in [0.4, 0.5) is 5.69 Å². The topological polar surface area (TPSA) is 32.3 Å². The SMILES string of the molecule is CCSc1ccccc1NC(=O)[C@@H]1CCCN(Cc2ccccc2Cl)C1. The highest BCUT2D eigenvalue weighted by atomic mass is 35.5. The fraction of sp³-hybridized carbons (Fsp3) is 0.381. The number of hydrogen-bond donors (Lipinski definition) is 1. The van der Waals surface area contributed by atoms with Crippen LogP contribution in [0, 0.1) is 5.92 Å². The Hall–Kier alpha value is -1.49. The van der Waals surface area contributed by atoms with Crippen molar-refractivity contribution in [2.45, 2.75) is 31.2 Å². The van der Waals surface area contributed by atoms with Crippen LogP contribution in [0.1, 0.15) is 25.3 Å². The highest BCUT2D eigenvalue weighted by Gasteiger charge is 2.26. The van der Waals surface area contributed by atoms with Gasteiger partial charge in [0, 0.05) is 23.0 Å². The normalized spacial score (nSPS) is 17.8. The number of piperidine rings is 1. The van der Waals surface area contributed by atoms with Crippen molar-refractivity contribution in [3.05, 3.63) is 59.1 Å². The van der Waals surface area contributed by atoms with Crippen LogP contribution in [0.15, 0.2) is 53.4 Å². The summed E-state index contributed by atoms with van der Waals surface area (Å²) in [5.74, 6) is 1.13. The van der Waals surface area contributed by atoms with E-state index in [2.05, 4.69) is 29.3 Å². The number of nitrogens with zero attached hydrogens (tertiary/aromatic N) is 1. The largest absolute Gasteiger partial charge is 0.325 e. The van der Waals surface area contributed by atoms with E-state index in [1.54, 1.807) is 11.8 Å². The van der Waals surface area contributed by atoms with Crippen molar-refractivity contribution < 1.29 is 4.79 Å². The van der Waals surface area contributed by atoms with E-state index < -0.39 is 0 Å². The number of carbonyl (C=O) groups is 1. The van der Waals surface area contributed by atoms with E-state index in [9.17, 15) is 4.79 Å². The number of amides is 1. The lowest BCUT2D eigenvalue weighted by molar-refractivity contribution is -0.121. The van der Waals surface area contributed by atoms with Gasteiger partial charge in [-0.3, -0.25) is 9.69 Å². The highest BCUT2D eigenvalue weighted by molar-refractivity contribution is 7.99. The standard InChI is InChI=1S/C21H25ClN2OS/c1-2-26-20-12-6-5-11-19(20)23-21(25)17-9-7-13-24(15-17)14-16-8-3-4-10-18(16)22/h3-6,8,10-12,17H,2,7,9,13-15H2,1H3,(H,23,25)/t17-/m1/s1. The number of thioether (sulfide) groups is 1. The van der Waals surface area contributed by atoms with Crippen molar-refractivity contribution >= 4 is 35.0 Å². The molecule has 0 aromatic heterocycles. The molecule has 0 radical (unpaired) electrons. The first-order chi connectivity index (χ1) is 12.7. The molecule has 2 aromatic carbocycles. The predicted octanol–water partition coefficient (Wildman–Crippen LogP) is 5.30. The summed E-state index contributed by atoms with van der Waals surface area (Å²) in [5.41, 5.74) is 2.05. The summed E-state index contributed by atoms with van der Waals surface area (Å²) in [6.45, 7) is 4.71. The summed E-state index contributed by atoms with van der Waals surface area (Å²) in [4.78, 5) is 16.3. The maximum atomic E-state index is 12.8. The number of anilines is 1. The molecule has 1 N–H and O–H groups in total. The van der Waals surface area contributed by atoms with E-state index in [-0.39, 0.29) is 11.8 Å². The average Bonchev–Trinajstić information content (AvgIpc) is 2.66. The molecule has 0 aliphatic carbocycles. The zero-order chi connectivity index (χ0) is 18.4. The smallest absolute Gasteiger partial charge is 0.228 e. The minimum absolute atomic E-state index is 0.0194. The Labute approximate surface area is 165 Å². The van der Waals surface area contributed by atoms with Crippen LogP contribution in [-0.4, -0.2) is 29.6 Å². The second-order valence-electron chi connectivity index (χ2n) is 6.58. The van der Waals surface area contributed by atoms with Gasteiger partial charge in [0.25, 0.3) is 0 Å². The van der Waals surface area contributed by atoms with E-state index in [0.717, 1.165) is 59.4 Å². The first kappa shape index (κ1) is 19.3. The lowest BCUT2D eigenvalue weighted by Crippen LogP contribution is -2.40. The number of carbonyl (C=O) groups excluding carboxylic acids is 1. The van der Waals surface area contributed by atoms with Crippen molar-refractivity contribution in [3.63, 3.8) is 0 Å². The first-order valence-corrected chi connectivity index (χ1v) is 10.5. The Balaban J connectivity index is 1.62. The molecular formula is C21H25ClN2OS. The van der Waals surface area contributed by atoms with Crippen molar-refractivity contribution in [2.24, 2.45) is 5.92 Å². The maximum Gasteiger partial charge on any atom is 0.228 e. The van der Waals surface area contributed by atoms with Crippen LogP contribution < -0.4 is 5.32 Å². The second-order valence-corrected chi connectivity index (χ2v) is 8.30. The minimum Gasteiger partial charge on any atom is -0.325 e. The van der Waals surface area contributed by atoms with Gasteiger partial charge in [-0.25, -0.2) is 0 Å². The zero-order valence-electron chi connectivity index (χ0n) is 15.1. The number of hydrogen-bond acceptors (Lipinski definition) is 3. The van der Waals surface area contributed by atoms with Crippen LogP contribution >= 0.6 is 23.4 Å². The van der Waals surface area contributed by atoms with Gasteiger partial charge in [-0.2, -0.15) is 0 Å². The van der Waals surface area contributed by atoms with E-state index in [4.69, 9.17) is 11.6 Å². The van der Waals surface area contributed by atoms with Gasteiger partial charge < -0.3 is 5.32 Å². The Kier molecular flexibility index (Phi) is 7.00. The number of rotatable bonds is 6. The van der Waals surface area contributed by atoms with Crippen LogP contribution in [0.3, 0.4) is 0 Å². The summed E-state index contributed by atoms with van der Waals surface area (Å²) in [5, 5.41) is 3.94. The van der Waals surface area contributed by atoms with Crippen molar-refractivity contribution in [3.8, 4) is 0 Å². The summed E-state index contributed by atoms with van der Waals surface area (Å²) in [7, 11) is 0. The number of nitrogens with one attached hydrogen (secondary N) is 1. The zero-order valence-corrected chi connectivity index (χ0v) is 16.7. The van der Waals surface area contributed by atoms with E-state index in [0.29, 0.717) is 0 Å². The van der Waals surface area contributed by atoms with Crippen LogP contribution in [0.5, 0.6) is 0 Å². The van der Waals surface area contributed by atoms with Gasteiger partial charge in [0.05, 0.1) is 11.6 Å². The molecule has 1 aliphatic heterocycles.